The number of fused-ring (bicyclic) bond motifs is 1. The Bertz CT molecular complexity index is 923. The van der Waals surface area contributed by atoms with E-state index in [1.54, 1.807) is 4.31 Å². The maximum Gasteiger partial charge on any atom is 0.211 e. The molecule has 27 heavy (non-hydrogen) atoms. The normalized spacial score (nSPS) is 23.0. The van der Waals surface area contributed by atoms with Gasteiger partial charge in [-0.1, -0.05) is 30.7 Å². The van der Waals surface area contributed by atoms with Gasteiger partial charge >= 0.3 is 0 Å². The Hall–Kier alpha value is -1.73. The van der Waals surface area contributed by atoms with Crippen molar-refractivity contribution in [3.63, 3.8) is 0 Å². The Morgan fingerprint density at radius 1 is 0.963 bits per heavy atom. The first-order valence-electron chi connectivity index (χ1n) is 9.89. The number of hydrogen-bond acceptors (Lipinski definition) is 5. The number of aryl methyl sites for hydroxylation is 1. The summed E-state index contributed by atoms with van der Waals surface area (Å²) in [4.78, 5) is 2.32. The highest BCUT2D eigenvalue weighted by molar-refractivity contribution is 7.88. The molecule has 2 aromatic rings. The van der Waals surface area contributed by atoms with Crippen LogP contribution in [0.3, 0.4) is 0 Å². The quantitative estimate of drug-likeness (QED) is 0.809. The molecule has 0 bridgehead atoms. The van der Waals surface area contributed by atoms with Crippen LogP contribution in [0.5, 0.6) is 0 Å². The second kappa shape index (κ2) is 7.36. The Morgan fingerprint density at radius 2 is 1.67 bits per heavy atom. The van der Waals surface area contributed by atoms with Gasteiger partial charge in [0, 0.05) is 36.4 Å². The van der Waals surface area contributed by atoms with Crippen molar-refractivity contribution in [2.45, 2.75) is 45.1 Å². The minimum Gasteiger partial charge on any atom is -0.355 e. The van der Waals surface area contributed by atoms with Crippen LogP contribution >= 0.6 is 0 Å². The van der Waals surface area contributed by atoms with Crippen molar-refractivity contribution in [1.29, 1.82) is 0 Å². The van der Waals surface area contributed by atoms with Crippen LogP contribution in [-0.4, -0.2) is 54.9 Å². The molecule has 1 aromatic carbocycles. The van der Waals surface area contributed by atoms with Crippen LogP contribution in [0.1, 0.15) is 37.8 Å². The van der Waals surface area contributed by atoms with E-state index in [2.05, 4.69) is 27.2 Å². The molecule has 7 heteroatoms. The van der Waals surface area contributed by atoms with Gasteiger partial charge in [0.1, 0.15) is 0 Å². The smallest absolute Gasteiger partial charge is 0.211 e. The summed E-state index contributed by atoms with van der Waals surface area (Å²) in [6, 6.07) is 8.46. The molecule has 146 valence electrons. The fraction of sp³-hybridized carbons (Fsp3) is 0.600. The van der Waals surface area contributed by atoms with Gasteiger partial charge in [0.25, 0.3) is 0 Å². The van der Waals surface area contributed by atoms with Gasteiger partial charge in [-0.05, 0) is 38.5 Å². The zero-order chi connectivity index (χ0) is 19.0. The van der Waals surface area contributed by atoms with Crippen molar-refractivity contribution in [2.24, 2.45) is 5.92 Å². The standard InChI is InChI=1S/C20H28N4O2S/c1-15-17-7-3-4-8-18(17)20(22-21-15)23-13-10-16(11-14-23)19-9-5-6-12-24(19)27(2,25)26/h3-4,7-8,16,19H,5-6,9-14H2,1-2H3/t19-/m1/s1. The summed E-state index contributed by atoms with van der Waals surface area (Å²) in [7, 11) is -3.13. The molecule has 4 rings (SSSR count). The van der Waals surface area contributed by atoms with Gasteiger partial charge in [-0.25, -0.2) is 8.42 Å². The number of hydrogen-bond donors (Lipinski definition) is 0. The molecule has 0 radical (unpaired) electrons. The van der Waals surface area contributed by atoms with Gasteiger partial charge in [0.15, 0.2) is 5.82 Å². The first-order valence-corrected chi connectivity index (χ1v) is 11.7. The van der Waals surface area contributed by atoms with Gasteiger partial charge in [-0.3, -0.25) is 0 Å². The Kier molecular flexibility index (Phi) is 5.07. The number of rotatable bonds is 3. The van der Waals surface area contributed by atoms with E-state index >= 15 is 0 Å². The number of aromatic nitrogens is 2. The molecule has 6 nitrogen and oxygen atoms in total. The van der Waals surface area contributed by atoms with Crippen molar-refractivity contribution in [3.8, 4) is 0 Å². The summed E-state index contributed by atoms with van der Waals surface area (Å²) in [5, 5.41) is 11.2. The number of nitrogens with zero attached hydrogens (tertiary/aromatic N) is 4. The zero-order valence-electron chi connectivity index (χ0n) is 16.1. The molecule has 0 N–H and O–H groups in total. The summed E-state index contributed by atoms with van der Waals surface area (Å²) in [6.45, 7) is 4.48. The Morgan fingerprint density at radius 3 is 2.37 bits per heavy atom. The van der Waals surface area contributed by atoms with Crippen molar-refractivity contribution in [2.75, 3.05) is 30.8 Å². The molecule has 3 heterocycles. The maximum atomic E-state index is 12.2. The summed E-state index contributed by atoms with van der Waals surface area (Å²) in [6.07, 6.45) is 6.46. The highest BCUT2D eigenvalue weighted by Crippen LogP contribution is 2.34. The second-order valence-corrected chi connectivity index (χ2v) is 9.85. The first-order chi connectivity index (χ1) is 12.9. The molecule has 2 fully saturated rings. The summed E-state index contributed by atoms with van der Waals surface area (Å²) >= 11 is 0. The molecule has 2 saturated heterocycles. The summed E-state index contributed by atoms with van der Waals surface area (Å²) in [5.41, 5.74) is 0.954. The molecule has 0 unspecified atom stereocenters. The molecule has 1 atom stereocenters. The van der Waals surface area contributed by atoms with Gasteiger partial charge in [0.2, 0.25) is 10.0 Å². The second-order valence-electron chi connectivity index (χ2n) is 7.92. The van der Waals surface area contributed by atoms with E-state index in [9.17, 15) is 8.42 Å². The Labute approximate surface area is 161 Å². The largest absolute Gasteiger partial charge is 0.355 e. The Balaban J connectivity index is 1.52. The minimum atomic E-state index is -3.13. The average molecular weight is 389 g/mol. The van der Waals surface area contributed by atoms with E-state index in [0.717, 1.165) is 67.5 Å². The fourth-order valence-corrected chi connectivity index (χ4v) is 6.00. The van der Waals surface area contributed by atoms with E-state index in [0.29, 0.717) is 12.5 Å². The lowest BCUT2D eigenvalue weighted by molar-refractivity contribution is 0.164. The molecular formula is C20H28N4O2S. The lowest BCUT2D eigenvalue weighted by Gasteiger charge is -2.42. The van der Waals surface area contributed by atoms with Crippen molar-refractivity contribution < 1.29 is 8.42 Å². The molecule has 2 aliphatic heterocycles. The highest BCUT2D eigenvalue weighted by atomic mass is 32.2. The van der Waals surface area contributed by atoms with E-state index in [4.69, 9.17) is 0 Å². The van der Waals surface area contributed by atoms with Crippen LogP contribution in [0.4, 0.5) is 5.82 Å². The van der Waals surface area contributed by atoms with E-state index in [-0.39, 0.29) is 6.04 Å². The first kappa shape index (κ1) is 18.6. The van der Waals surface area contributed by atoms with Gasteiger partial charge in [0.05, 0.1) is 11.9 Å². The van der Waals surface area contributed by atoms with Gasteiger partial charge < -0.3 is 4.90 Å². The monoisotopic (exact) mass is 388 g/mol. The predicted molar refractivity (Wildman–Crippen MR) is 108 cm³/mol. The van der Waals surface area contributed by atoms with Crippen LogP contribution in [-0.2, 0) is 10.0 Å². The third-order valence-electron chi connectivity index (χ3n) is 6.16. The fourth-order valence-electron chi connectivity index (χ4n) is 4.77. The third kappa shape index (κ3) is 3.67. The maximum absolute atomic E-state index is 12.2. The third-order valence-corrected chi connectivity index (χ3v) is 7.47. The van der Waals surface area contributed by atoms with Crippen LogP contribution in [0, 0.1) is 12.8 Å². The van der Waals surface area contributed by atoms with Crippen LogP contribution in [0.15, 0.2) is 24.3 Å². The van der Waals surface area contributed by atoms with E-state index < -0.39 is 10.0 Å². The van der Waals surface area contributed by atoms with Crippen LogP contribution < -0.4 is 4.90 Å². The SMILES string of the molecule is Cc1nnc(N2CCC([C@H]3CCCCN3S(C)(=O)=O)CC2)c2ccccc12. The average Bonchev–Trinajstić information content (AvgIpc) is 2.68. The molecular weight excluding hydrogens is 360 g/mol. The molecule has 2 aliphatic rings. The van der Waals surface area contributed by atoms with E-state index in [1.165, 1.54) is 6.26 Å². The van der Waals surface area contributed by atoms with E-state index in [1.807, 2.05) is 19.1 Å². The number of anilines is 1. The molecule has 0 amide bonds. The number of sulfonamides is 1. The van der Waals surface area contributed by atoms with Crippen molar-refractivity contribution in [1.82, 2.24) is 14.5 Å². The van der Waals surface area contributed by atoms with Gasteiger partial charge in [-0.15, -0.1) is 5.10 Å². The minimum absolute atomic E-state index is 0.164. The lowest BCUT2D eigenvalue weighted by Crippen LogP contribution is -2.50. The van der Waals surface area contributed by atoms with Crippen LogP contribution in [0.25, 0.3) is 10.8 Å². The van der Waals surface area contributed by atoms with Crippen molar-refractivity contribution >= 4 is 26.6 Å². The number of benzene rings is 1. The topological polar surface area (TPSA) is 66.4 Å². The van der Waals surface area contributed by atoms with Gasteiger partial charge in [-0.2, -0.15) is 9.40 Å². The predicted octanol–water partition coefficient (Wildman–Crippen LogP) is 2.97. The van der Waals surface area contributed by atoms with Crippen LogP contribution in [0.2, 0.25) is 0 Å². The molecule has 1 aromatic heterocycles. The summed E-state index contributed by atoms with van der Waals surface area (Å²) in [5.74, 6) is 1.39. The molecule has 0 aliphatic carbocycles. The summed E-state index contributed by atoms with van der Waals surface area (Å²) < 4.78 is 26.2. The lowest BCUT2D eigenvalue weighted by atomic mass is 9.85. The number of piperidine rings is 2. The molecule has 0 saturated carbocycles. The zero-order valence-corrected chi connectivity index (χ0v) is 17.0. The van der Waals surface area contributed by atoms with Crippen molar-refractivity contribution in [3.05, 3.63) is 30.0 Å². The molecule has 0 spiro atoms. The highest BCUT2D eigenvalue weighted by Gasteiger charge is 2.36.